The molecule has 17 heteroatoms. The van der Waals surface area contributed by atoms with E-state index in [1.54, 1.807) is 0 Å². The summed E-state index contributed by atoms with van der Waals surface area (Å²) in [5, 5.41) is 17.3. The molecule has 0 saturated heterocycles. The first-order valence-electron chi connectivity index (χ1n) is 13.7. The molecule has 1 aromatic carbocycles. The number of aromatic nitrogens is 3. The Labute approximate surface area is 253 Å². The topological polar surface area (TPSA) is 135 Å². The van der Waals surface area contributed by atoms with E-state index >= 15 is 4.39 Å². The van der Waals surface area contributed by atoms with Crippen LogP contribution in [0.2, 0.25) is 0 Å². The second-order valence-electron chi connectivity index (χ2n) is 11.3. The molecule has 0 radical (unpaired) electrons. The fourth-order valence-corrected chi connectivity index (χ4v) is 7.42. The molecule has 0 bridgehead atoms. The summed E-state index contributed by atoms with van der Waals surface area (Å²) in [6, 6.07) is -0.971. The fraction of sp³-hybridized carbons (Fsp3) is 0.556. The lowest BCUT2D eigenvalue weighted by atomic mass is 9.90. The van der Waals surface area contributed by atoms with Crippen LogP contribution in [0.5, 0.6) is 0 Å². The van der Waals surface area contributed by atoms with Gasteiger partial charge in [-0.25, -0.2) is 26.6 Å². The smallest absolute Gasteiger partial charge is 0.404 e. The zero-order valence-corrected chi connectivity index (χ0v) is 25.5. The summed E-state index contributed by atoms with van der Waals surface area (Å²) in [5.41, 5.74) is -2.60. The summed E-state index contributed by atoms with van der Waals surface area (Å²) in [7, 11) is -5.19. The van der Waals surface area contributed by atoms with Crippen LogP contribution in [-0.4, -0.2) is 46.9 Å². The molecule has 4 rings (SSSR count). The Morgan fingerprint density at radius 2 is 1.84 bits per heavy atom. The number of hydrogen-bond donors (Lipinski definition) is 2. The average molecular weight is 669 g/mol. The third-order valence-electron chi connectivity index (χ3n) is 7.47. The Bertz CT molecular complexity index is 1610. The Hall–Kier alpha value is -3.05. The zero-order chi connectivity index (χ0) is 32.6. The average Bonchev–Trinajstić information content (AvgIpc) is 3.67. The van der Waals surface area contributed by atoms with Crippen LogP contribution < -0.4 is 4.72 Å². The van der Waals surface area contributed by atoms with Crippen molar-refractivity contribution in [1.82, 2.24) is 19.9 Å². The van der Waals surface area contributed by atoms with Gasteiger partial charge in [-0.2, -0.15) is 17.9 Å². The van der Waals surface area contributed by atoms with Crippen LogP contribution in [0.25, 0.3) is 21.3 Å². The van der Waals surface area contributed by atoms with Gasteiger partial charge < -0.3 is 9.52 Å². The number of thiazole rings is 1. The SMILES string of the molecule is CCC(NS(=O)(=O)c1ccc(-c2sc(-c3nnc(CC(C)(C)C(=O)O)o3)nc2CC2CCCC2)c(C(F)F)c1F)C(F)(F)F. The van der Waals surface area contributed by atoms with Crippen molar-refractivity contribution >= 4 is 27.3 Å². The highest BCUT2D eigenvalue weighted by molar-refractivity contribution is 7.89. The van der Waals surface area contributed by atoms with Crippen molar-refractivity contribution in [3.05, 3.63) is 35.1 Å². The maximum absolute atomic E-state index is 15.6. The maximum atomic E-state index is 15.6. The van der Waals surface area contributed by atoms with E-state index in [9.17, 15) is 40.3 Å². The number of hydrogen-bond acceptors (Lipinski definition) is 8. The van der Waals surface area contributed by atoms with Crippen molar-refractivity contribution < 1.29 is 49.1 Å². The van der Waals surface area contributed by atoms with Gasteiger partial charge in [-0.05, 0) is 38.7 Å². The number of nitrogens with one attached hydrogen (secondary N) is 1. The summed E-state index contributed by atoms with van der Waals surface area (Å²) in [6.07, 6.45) is -5.42. The highest BCUT2D eigenvalue weighted by atomic mass is 32.2. The second kappa shape index (κ2) is 12.7. The van der Waals surface area contributed by atoms with E-state index in [4.69, 9.17) is 4.42 Å². The van der Waals surface area contributed by atoms with E-state index < -0.39 is 62.7 Å². The monoisotopic (exact) mass is 668 g/mol. The van der Waals surface area contributed by atoms with E-state index in [2.05, 4.69) is 15.2 Å². The first-order chi connectivity index (χ1) is 20.4. The predicted molar refractivity (Wildman–Crippen MR) is 147 cm³/mol. The minimum absolute atomic E-state index is 0.00731. The van der Waals surface area contributed by atoms with E-state index in [1.165, 1.54) is 18.6 Å². The summed E-state index contributed by atoms with van der Waals surface area (Å²) < 4.78 is 117. The highest BCUT2D eigenvalue weighted by Crippen LogP contribution is 2.44. The molecule has 242 valence electrons. The molecule has 0 amide bonds. The van der Waals surface area contributed by atoms with Gasteiger partial charge in [0.05, 0.1) is 21.5 Å². The van der Waals surface area contributed by atoms with Crippen molar-refractivity contribution in [3.8, 4) is 21.3 Å². The molecule has 1 aliphatic rings. The largest absolute Gasteiger partial charge is 0.481 e. The molecule has 1 saturated carbocycles. The van der Waals surface area contributed by atoms with Crippen LogP contribution >= 0.6 is 11.3 Å². The van der Waals surface area contributed by atoms with Gasteiger partial charge in [0.15, 0.2) is 10.8 Å². The lowest BCUT2D eigenvalue weighted by Crippen LogP contribution is -2.45. The summed E-state index contributed by atoms with van der Waals surface area (Å²) in [6.45, 7) is 3.99. The zero-order valence-electron chi connectivity index (χ0n) is 23.8. The molecule has 2 heterocycles. The van der Waals surface area contributed by atoms with Gasteiger partial charge in [0, 0.05) is 12.0 Å². The molecule has 1 unspecified atom stereocenters. The number of benzene rings is 1. The molecular formula is C27H30F6N4O5S2. The Morgan fingerprint density at radius 3 is 2.41 bits per heavy atom. The van der Waals surface area contributed by atoms with Gasteiger partial charge in [-0.3, -0.25) is 4.79 Å². The van der Waals surface area contributed by atoms with Gasteiger partial charge in [-0.15, -0.1) is 21.5 Å². The van der Waals surface area contributed by atoms with E-state index in [-0.39, 0.29) is 39.6 Å². The quantitative estimate of drug-likeness (QED) is 0.198. The van der Waals surface area contributed by atoms with E-state index in [1.807, 2.05) is 0 Å². The van der Waals surface area contributed by atoms with Crippen LogP contribution in [0.3, 0.4) is 0 Å². The summed E-state index contributed by atoms with van der Waals surface area (Å²) in [5.74, 6) is -2.95. The maximum Gasteiger partial charge on any atom is 0.404 e. The van der Waals surface area contributed by atoms with E-state index in [0.717, 1.165) is 50.0 Å². The van der Waals surface area contributed by atoms with Crippen LogP contribution in [0.15, 0.2) is 21.4 Å². The number of nitrogens with zero attached hydrogens (tertiary/aromatic N) is 3. The third-order valence-corrected chi connectivity index (χ3v) is 10.1. The first-order valence-corrected chi connectivity index (χ1v) is 16.0. The second-order valence-corrected chi connectivity index (χ2v) is 14.0. The van der Waals surface area contributed by atoms with Gasteiger partial charge in [-0.1, -0.05) is 38.7 Å². The molecule has 0 aliphatic heterocycles. The Balaban J connectivity index is 1.80. The Morgan fingerprint density at radius 1 is 1.18 bits per heavy atom. The van der Waals surface area contributed by atoms with Crippen molar-refractivity contribution in [2.24, 2.45) is 11.3 Å². The number of carboxylic acid groups (broad SMARTS) is 1. The van der Waals surface area contributed by atoms with Gasteiger partial charge in [0.1, 0.15) is 10.9 Å². The lowest BCUT2D eigenvalue weighted by Gasteiger charge is -2.21. The molecule has 2 N–H and O–H groups in total. The predicted octanol–water partition coefficient (Wildman–Crippen LogP) is 6.94. The minimum Gasteiger partial charge on any atom is -0.481 e. The van der Waals surface area contributed by atoms with Crippen molar-refractivity contribution in [1.29, 1.82) is 0 Å². The fourth-order valence-electron chi connectivity index (χ4n) is 4.97. The standard InChI is InChI=1S/C27H30F6N4O5S2/c1-4-17(27(31,32)33)37-44(40,41)16-10-9-14(19(20(16)28)22(29)30)21-15(11-13-7-5-6-8-13)34-24(43-21)23-36-35-18(42-23)12-26(2,3)25(38)39/h9-10,13,17,22,37H,4-8,11-12H2,1-3H3,(H,38,39). The van der Waals surface area contributed by atoms with Gasteiger partial charge >= 0.3 is 12.1 Å². The van der Waals surface area contributed by atoms with Crippen LogP contribution in [0, 0.1) is 17.2 Å². The van der Waals surface area contributed by atoms with Crippen LogP contribution in [0.4, 0.5) is 26.3 Å². The number of aliphatic carboxylic acids is 1. The number of carboxylic acids is 1. The third kappa shape index (κ3) is 7.25. The molecule has 1 fully saturated rings. The first kappa shape index (κ1) is 33.8. The summed E-state index contributed by atoms with van der Waals surface area (Å²) in [4.78, 5) is 14.8. The molecule has 2 aromatic heterocycles. The van der Waals surface area contributed by atoms with E-state index in [0.29, 0.717) is 18.2 Å². The molecule has 1 atom stereocenters. The summed E-state index contributed by atoms with van der Waals surface area (Å²) >= 11 is 0.820. The number of carbonyl (C=O) groups is 1. The van der Waals surface area contributed by atoms with Gasteiger partial charge in [0.2, 0.25) is 15.9 Å². The Kier molecular flexibility index (Phi) is 9.80. The van der Waals surface area contributed by atoms with Crippen molar-refractivity contribution in [2.45, 2.75) is 89.3 Å². The molecule has 0 spiro atoms. The van der Waals surface area contributed by atoms with Crippen LogP contribution in [-0.2, 0) is 27.7 Å². The number of rotatable bonds is 12. The number of halogens is 6. The number of sulfonamides is 1. The number of alkyl halides is 5. The molecule has 3 aromatic rings. The molecule has 9 nitrogen and oxygen atoms in total. The van der Waals surface area contributed by atoms with Crippen molar-refractivity contribution in [3.63, 3.8) is 0 Å². The van der Waals surface area contributed by atoms with Crippen LogP contribution in [0.1, 0.15) is 76.4 Å². The molecular weight excluding hydrogens is 638 g/mol. The highest BCUT2D eigenvalue weighted by Gasteiger charge is 2.42. The molecule has 44 heavy (non-hydrogen) atoms. The minimum atomic E-state index is -5.19. The lowest BCUT2D eigenvalue weighted by molar-refractivity contribution is -0.151. The molecule has 1 aliphatic carbocycles. The van der Waals surface area contributed by atoms with Crippen molar-refractivity contribution in [2.75, 3.05) is 0 Å². The normalized spacial score (nSPS) is 15.8. The van der Waals surface area contributed by atoms with Gasteiger partial charge in [0.25, 0.3) is 12.3 Å².